The number of carboxylic acid groups (broad SMARTS) is 1. The van der Waals surface area contributed by atoms with Gasteiger partial charge in [0, 0.05) is 0 Å². The number of nitriles is 1. The van der Waals surface area contributed by atoms with Crippen LogP contribution in [0, 0.1) is 11.3 Å². The number of phenols is 1. The minimum Gasteiger partial charge on any atom is -0.508 e. The average Bonchev–Trinajstić information content (AvgIpc) is 2.26. The van der Waals surface area contributed by atoms with Crippen LogP contribution in [0.5, 0.6) is 5.75 Å². The summed E-state index contributed by atoms with van der Waals surface area (Å²) in [5.74, 6) is -1.01. The molecule has 4 nitrogen and oxygen atoms in total. The lowest BCUT2D eigenvalue weighted by Crippen LogP contribution is -2.02. The van der Waals surface area contributed by atoms with Crippen molar-refractivity contribution < 1.29 is 15.0 Å². The van der Waals surface area contributed by atoms with Crippen molar-refractivity contribution in [3.05, 3.63) is 35.4 Å². The molecule has 0 fully saturated rings. The van der Waals surface area contributed by atoms with E-state index in [1.807, 2.05) is 6.07 Å². The fourth-order valence-electron chi connectivity index (χ4n) is 1.37. The van der Waals surface area contributed by atoms with Gasteiger partial charge >= 0.3 is 5.97 Å². The van der Waals surface area contributed by atoms with Crippen LogP contribution in [0.15, 0.2) is 29.8 Å². The van der Waals surface area contributed by atoms with E-state index in [2.05, 4.69) is 0 Å². The van der Waals surface area contributed by atoms with Gasteiger partial charge in [-0.05, 0) is 36.2 Å². The largest absolute Gasteiger partial charge is 0.508 e. The number of carboxylic acids is 1. The zero-order chi connectivity index (χ0) is 12.1. The molecule has 0 aromatic heterocycles. The summed E-state index contributed by atoms with van der Waals surface area (Å²) in [7, 11) is 0. The first kappa shape index (κ1) is 11.8. The molecule has 0 unspecified atom stereocenters. The first-order valence-corrected chi connectivity index (χ1v) is 4.76. The Morgan fingerprint density at radius 1 is 1.38 bits per heavy atom. The first-order valence-electron chi connectivity index (χ1n) is 4.76. The molecule has 4 heteroatoms. The van der Waals surface area contributed by atoms with Crippen molar-refractivity contribution in [2.75, 3.05) is 0 Å². The van der Waals surface area contributed by atoms with Crippen molar-refractivity contribution >= 4 is 11.5 Å². The van der Waals surface area contributed by atoms with Crippen LogP contribution in [0.4, 0.5) is 0 Å². The molecular formula is C12H11NO3. The summed E-state index contributed by atoms with van der Waals surface area (Å²) in [6.45, 7) is 1.68. The molecule has 1 aromatic carbocycles. The number of allylic oxidation sites excluding steroid dienone is 1. The Labute approximate surface area is 93.1 Å². The Bertz CT molecular complexity index is 466. The van der Waals surface area contributed by atoms with E-state index in [9.17, 15) is 4.79 Å². The lowest BCUT2D eigenvalue weighted by atomic mass is 9.99. The summed E-state index contributed by atoms with van der Waals surface area (Å²) in [5.41, 5.74) is 0.711. The number of benzene rings is 1. The standard InChI is InChI=1S/C12H11NO3/c1-2-10(12(15)16)11(7-13)8-3-5-9(14)6-4-8/h3-6,14H,2H2,1H3,(H,15,16). The van der Waals surface area contributed by atoms with Gasteiger partial charge in [-0.2, -0.15) is 5.26 Å². The molecule has 0 aliphatic carbocycles. The van der Waals surface area contributed by atoms with E-state index in [0.29, 0.717) is 5.56 Å². The molecule has 0 spiro atoms. The molecular weight excluding hydrogens is 206 g/mol. The Morgan fingerprint density at radius 3 is 2.31 bits per heavy atom. The van der Waals surface area contributed by atoms with Crippen molar-refractivity contribution in [3.63, 3.8) is 0 Å². The number of aromatic hydroxyl groups is 1. The highest BCUT2D eigenvalue weighted by Crippen LogP contribution is 2.22. The van der Waals surface area contributed by atoms with Gasteiger partial charge in [-0.25, -0.2) is 4.79 Å². The lowest BCUT2D eigenvalue weighted by molar-refractivity contribution is -0.132. The maximum absolute atomic E-state index is 10.9. The third-order valence-corrected chi connectivity index (χ3v) is 2.18. The topological polar surface area (TPSA) is 81.3 Å². The third-order valence-electron chi connectivity index (χ3n) is 2.18. The Kier molecular flexibility index (Phi) is 3.67. The van der Waals surface area contributed by atoms with Crippen LogP contribution in [0.2, 0.25) is 0 Å². The molecule has 1 rings (SSSR count). The molecule has 2 N–H and O–H groups in total. The molecule has 0 saturated carbocycles. The molecule has 82 valence electrons. The highest BCUT2D eigenvalue weighted by molar-refractivity contribution is 6.00. The van der Waals surface area contributed by atoms with Gasteiger partial charge in [-0.15, -0.1) is 0 Å². The average molecular weight is 217 g/mol. The van der Waals surface area contributed by atoms with Crippen LogP contribution in [0.3, 0.4) is 0 Å². The Morgan fingerprint density at radius 2 is 1.94 bits per heavy atom. The fourth-order valence-corrected chi connectivity index (χ4v) is 1.37. The number of hydrogen-bond donors (Lipinski definition) is 2. The molecule has 1 aromatic rings. The second kappa shape index (κ2) is 4.99. The monoisotopic (exact) mass is 217 g/mol. The SMILES string of the molecule is CCC(C(=O)O)=C(C#N)c1ccc(O)cc1. The molecule has 0 saturated heterocycles. The third kappa shape index (κ3) is 2.39. The van der Waals surface area contributed by atoms with Crippen LogP contribution in [-0.4, -0.2) is 16.2 Å². The van der Waals surface area contributed by atoms with Crippen LogP contribution < -0.4 is 0 Å². The van der Waals surface area contributed by atoms with Gasteiger partial charge in [0.2, 0.25) is 0 Å². The lowest BCUT2D eigenvalue weighted by Gasteiger charge is -2.04. The van der Waals surface area contributed by atoms with E-state index in [-0.39, 0.29) is 23.3 Å². The van der Waals surface area contributed by atoms with Crippen LogP contribution in [0.1, 0.15) is 18.9 Å². The summed E-state index contributed by atoms with van der Waals surface area (Å²) in [5, 5.41) is 27.0. The van der Waals surface area contributed by atoms with E-state index in [1.54, 1.807) is 6.92 Å². The highest BCUT2D eigenvalue weighted by atomic mass is 16.4. The second-order valence-corrected chi connectivity index (χ2v) is 3.17. The van der Waals surface area contributed by atoms with Gasteiger partial charge in [0.15, 0.2) is 0 Å². The minimum atomic E-state index is -1.09. The molecule has 0 aliphatic rings. The Hall–Kier alpha value is -2.28. The summed E-state index contributed by atoms with van der Waals surface area (Å²) in [6.07, 6.45) is 0.277. The second-order valence-electron chi connectivity index (χ2n) is 3.17. The van der Waals surface area contributed by atoms with Crippen LogP contribution >= 0.6 is 0 Å². The summed E-state index contributed by atoms with van der Waals surface area (Å²) in [6, 6.07) is 7.76. The number of hydrogen-bond acceptors (Lipinski definition) is 3. The Balaban J connectivity index is 3.32. The minimum absolute atomic E-state index is 0.0770. The predicted octanol–water partition coefficient (Wildman–Crippen LogP) is 2.16. The van der Waals surface area contributed by atoms with E-state index in [1.165, 1.54) is 24.3 Å². The van der Waals surface area contributed by atoms with Crippen molar-refractivity contribution in [2.45, 2.75) is 13.3 Å². The van der Waals surface area contributed by atoms with Crippen molar-refractivity contribution in [3.8, 4) is 11.8 Å². The highest BCUT2D eigenvalue weighted by Gasteiger charge is 2.13. The number of nitrogens with zero attached hydrogens (tertiary/aromatic N) is 1. The molecule has 16 heavy (non-hydrogen) atoms. The van der Waals surface area contributed by atoms with Gasteiger partial charge < -0.3 is 10.2 Å². The van der Waals surface area contributed by atoms with Gasteiger partial charge in [-0.1, -0.05) is 6.92 Å². The van der Waals surface area contributed by atoms with Gasteiger partial charge in [0.05, 0.1) is 11.1 Å². The molecule has 0 aliphatic heterocycles. The zero-order valence-corrected chi connectivity index (χ0v) is 8.77. The van der Waals surface area contributed by atoms with E-state index in [0.717, 1.165) is 0 Å². The summed E-state index contributed by atoms with van der Waals surface area (Å²) in [4.78, 5) is 10.9. The number of aliphatic carboxylic acids is 1. The van der Waals surface area contributed by atoms with E-state index < -0.39 is 5.97 Å². The molecule has 0 amide bonds. The molecule has 0 radical (unpaired) electrons. The van der Waals surface area contributed by atoms with Crippen molar-refractivity contribution in [2.24, 2.45) is 0 Å². The van der Waals surface area contributed by atoms with Crippen LogP contribution in [-0.2, 0) is 4.79 Å². The van der Waals surface area contributed by atoms with Crippen molar-refractivity contribution in [1.82, 2.24) is 0 Å². The molecule has 0 atom stereocenters. The smallest absolute Gasteiger partial charge is 0.332 e. The maximum atomic E-state index is 10.9. The van der Waals surface area contributed by atoms with Gasteiger partial charge in [0.25, 0.3) is 0 Å². The fraction of sp³-hybridized carbons (Fsp3) is 0.167. The maximum Gasteiger partial charge on any atom is 0.332 e. The zero-order valence-electron chi connectivity index (χ0n) is 8.77. The molecule has 0 bridgehead atoms. The molecule has 0 heterocycles. The van der Waals surface area contributed by atoms with Gasteiger partial charge in [0.1, 0.15) is 11.8 Å². The predicted molar refractivity (Wildman–Crippen MR) is 58.6 cm³/mol. The number of phenolic OH excluding ortho intramolecular Hbond substituents is 1. The first-order chi connectivity index (χ1) is 7.60. The summed E-state index contributed by atoms with van der Waals surface area (Å²) < 4.78 is 0. The quantitative estimate of drug-likeness (QED) is 0.600. The number of carbonyl (C=O) groups is 1. The van der Waals surface area contributed by atoms with E-state index in [4.69, 9.17) is 15.5 Å². The summed E-state index contributed by atoms with van der Waals surface area (Å²) >= 11 is 0. The van der Waals surface area contributed by atoms with E-state index >= 15 is 0 Å². The number of rotatable bonds is 3. The normalized spacial score (nSPS) is 11.5. The van der Waals surface area contributed by atoms with Gasteiger partial charge in [-0.3, -0.25) is 0 Å². The van der Waals surface area contributed by atoms with Crippen LogP contribution in [0.25, 0.3) is 5.57 Å². The van der Waals surface area contributed by atoms with Crippen molar-refractivity contribution in [1.29, 1.82) is 5.26 Å².